The van der Waals surface area contributed by atoms with E-state index in [1.807, 2.05) is 0 Å². The third-order valence-electron chi connectivity index (χ3n) is 4.78. The highest BCUT2D eigenvalue weighted by Gasteiger charge is 2.61. The fraction of sp³-hybridized carbons (Fsp3) is 0.895. The van der Waals surface area contributed by atoms with Crippen molar-refractivity contribution in [1.29, 1.82) is 0 Å². The third-order valence-corrected chi connectivity index (χ3v) is 4.78. The van der Waals surface area contributed by atoms with E-state index in [9.17, 15) is 0 Å². The van der Waals surface area contributed by atoms with Gasteiger partial charge in [0, 0.05) is 12.5 Å². The zero-order valence-corrected chi connectivity index (χ0v) is 14.7. The van der Waals surface area contributed by atoms with Gasteiger partial charge in [-0.25, -0.2) is 0 Å². The number of unbranched alkanes of at least 4 members (excludes halogenated alkanes) is 5. The van der Waals surface area contributed by atoms with Crippen LogP contribution in [-0.4, -0.2) is 37.6 Å². The normalized spacial score (nSPS) is 34.6. The average molecular weight is 310 g/mol. The number of hydrogen-bond acceptors (Lipinski definition) is 3. The van der Waals surface area contributed by atoms with Crippen molar-refractivity contribution in [3.8, 4) is 0 Å². The molecule has 0 saturated carbocycles. The number of epoxide rings is 1. The van der Waals surface area contributed by atoms with Crippen LogP contribution in [0.2, 0.25) is 0 Å². The largest absolute Gasteiger partial charge is 0.375 e. The first-order chi connectivity index (χ1) is 10.7. The quantitative estimate of drug-likeness (QED) is 0.338. The lowest BCUT2D eigenvalue weighted by atomic mass is 9.85. The minimum atomic E-state index is -0.203. The van der Waals surface area contributed by atoms with Crippen LogP contribution in [-0.2, 0) is 14.2 Å². The molecule has 0 N–H and O–H groups in total. The lowest BCUT2D eigenvalue weighted by Gasteiger charge is -2.39. The summed E-state index contributed by atoms with van der Waals surface area (Å²) >= 11 is 0. The summed E-state index contributed by atoms with van der Waals surface area (Å²) in [6.07, 6.45) is 13.6. The van der Waals surface area contributed by atoms with Gasteiger partial charge in [-0.2, -0.15) is 0 Å². The van der Waals surface area contributed by atoms with E-state index in [4.69, 9.17) is 14.2 Å². The topological polar surface area (TPSA) is 31.0 Å². The third kappa shape index (κ3) is 4.56. The van der Waals surface area contributed by atoms with Gasteiger partial charge < -0.3 is 14.2 Å². The van der Waals surface area contributed by atoms with E-state index in [-0.39, 0.29) is 17.8 Å². The molecule has 0 aromatic rings. The van der Waals surface area contributed by atoms with Gasteiger partial charge in [0.1, 0.15) is 11.7 Å². The molecule has 128 valence electrons. The summed E-state index contributed by atoms with van der Waals surface area (Å²) in [7, 11) is 0. The van der Waals surface area contributed by atoms with Crippen molar-refractivity contribution in [3.63, 3.8) is 0 Å². The van der Waals surface area contributed by atoms with Crippen LogP contribution in [0.5, 0.6) is 0 Å². The van der Waals surface area contributed by atoms with Crippen molar-refractivity contribution in [2.45, 2.75) is 83.5 Å². The van der Waals surface area contributed by atoms with Gasteiger partial charge in [0.15, 0.2) is 0 Å². The Labute approximate surface area is 136 Å². The van der Waals surface area contributed by atoms with Crippen LogP contribution in [0.3, 0.4) is 0 Å². The Morgan fingerprint density at radius 2 is 1.91 bits per heavy atom. The smallest absolute Gasteiger partial charge is 0.147 e. The summed E-state index contributed by atoms with van der Waals surface area (Å²) in [6.45, 7) is 8.97. The molecule has 0 amide bonds. The summed E-state index contributed by atoms with van der Waals surface area (Å²) < 4.78 is 18.0. The van der Waals surface area contributed by atoms with Gasteiger partial charge in [-0.05, 0) is 19.3 Å². The second-order valence-corrected chi connectivity index (χ2v) is 6.90. The molecule has 0 aliphatic carbocycles. The Morgan fingerprint density at radius 3 is 2.59 bits per heavy atom. The van der Waals surface area contributed by atoms with Gasteiger partial charge in [0.25, 0.3) is 0 Å². The monoisotopic (exact) mass is 310 g/mol. The summed E-state index contributed by atoms with van der Waals surface area (Å²) in [5.41, 5.74) is -0.203. The highest BCUT2D eigenvalue weighted by atomic mass is 16.7. The van der Waals surface area contributed by atoms with Crippen LogP contribution in [0.25, 0.3) is 0 Å². The predicted molar refractivity (Wildman–Crippen MR) is 90.1 cm³/mol. The molecule has 3 heteroatoms. The minimum Gasteiger partial charge on any atom is -0.375 e. The Balaban J connectivity index is 1.78. The van der Waals surface area contributed by atoms with Gasteiger partial charge in [-0.1, -0.05) is 58.6 Å². The molecule has 0 aromatic heterocycles. The second-order valence-electron chi connectivity index (χ2n) is 6.90. The van der Waals surface area contributed by atoms with E-state index < -0.39 is 0 Å². The maximum atomic E-state index is 6.09. The summed E-state index contributed by atoms with van der Waals surface area (Å²) in [6, 6.07) is 0. The molecule has 4 atom stereocenters. The summed E-state index contributed by atoms with van der Waals surface area (Å²) in [5, 5.41) is 0. The number of rotatable bonds is 10. The average Bonchev–Trinajstić information content (AvgIpc) is 3.29. The summed E-state index contributed by atoms with van der Waals surface area (Å²) in [5.74, 6) is 0.410. The second kappa shape index (κ2) is 9.05. The van der Waals surface area contributed by atoms with Crippen LogP contribution in [0.15, 0.2) is 12.2 Å². The van der Waals surface area contributed by atoms with Gasteiger partial charge in [0.2, 0.25) is 0 Å². The molecular weight excluding hydrogens is 276 g/mol. The lowest BCUT2D eigenvalue weighted by Crippen LogP contribution is -2.53. The van der Waals surface area contributed by atoms with Crippen LogP contribution in [0, 0.1) is 5.92 Å². The highest BCUT2D eigenvalue weighted by molar-refractivity contribution is 5.16. The van der Waals surface area contributed by atoms with E-state index in [1.54, 1.807) is 0 Å². The molecule has 2 saturated heterocycles. The van der Waals surface area contributed by atoms with Crippen LogP contribution >= 0.6 is 0 Å². The highest BCUT2D eigenvalue weighted by Crippen LogP contribution is 2.45. The first kappa shape index (κ1) is 18.0. The van der Waals surface area contributed by atoms with E-state index >= 15 is 0 Å². The van der Waals surface area contributed by atoms with Crippen molar-refractivity contribution in [1.82, 2.24) is 0 Å². The Morgan fingerprint density at radius 1 is 1.14 bits per heavy atom. The van der Waals surface area contributed by atoms with E-state index in [0.29, 0.717) is 5.92 Å². The van der Waals surface area contributed by atoms with Crippen molar-refractivity contribution in [2.75, 3.05) is 19.8 Å². The molecular formula is C19H34O3. The maximum Gasteiger partial charge on any atom is 0.147 e. The fourth-order valence-electron chi connectivity index (χ4n) is 3.39. The number of allylic oxidation sites excluding steroid dienone is 1. The molecule has 2 rings (SSSR count). The van der Waals surface area contributed by atoms with E-state index in [0.717, 1.165) is 32.7 Å². The molecule has 2 fully saturated rings. The van der Waals surface area contributed by atoms with Crippen molar-refractivity contribution >= 4 is 0 Å². The van der Waals surface area contributed by atoms with Gasteiger partial charge in [-0.3, -0.25) is 0 Å². The molecule has 1 spiro atoms. The van der Waals surface area contributed by atoms with Crippen molar-refractivity contribution in [2.24, 2.45) is 5.92 Å². The molecule has 0 bridgehead atoms. The molecule has 3 nitrogen and oxygen atoms in total. The van der Waals surface area contributed by atoms with E-state index in [2.05, 4.69) is 32.9 Å². The molecule has 2 aliphatic rings. The fourth-order valence-corrected chi connectivity index (χ4v) is 3.39. The van der Waals surface area contributed by atoms with Crippen LogP contribution < -0.4 is 0 Å². The van der Waals surface area contributed by atoms with Crippen molar-refractivity contribution in [3.05, 3.63) is 12.2 Å². The molecule has 2 aliphatic heterocycles. The standard InChI is InChI=1S/C19H34O3/c1-4-6-7-8-9-10-11-12-17-19(15-22-19)18(20-13-5-2)16(3)14-21-17/h11-12,16-18H,4-10,13-15H2,1-3H3/b12-11+/t16-,17-,18-,19-/m0/s1. The zero-order valence-electron chi connectivity index (χ0n) is 14.7. The molecule has 0 radical (unpaired) electrons. The first-order valence-corrected chi connectivity index (χ1v) is 9.28. The first-order valence-electron chi connectivity index (χ1n) is 9.28. The van der Waals surface area contributed by atoms with Gasteiger partial charge in [-0.15, -0.1) is 0 Å². The molecule has 0 unspecified atom stereocenters. The Hall–Kier alpha value is -0.380. The predicted octanol–water partition coefficient (Wildman–Crippen LogP) is 4.50. The zero-order chi connectivity index (χ0) is 15.8. The van der Waals surface area contributed by atoms with Crippen LogP contribution in [0.1, 0.15) is 65.7 Å². The van der Waals surface area contributed by atoms with Gasteiger partial charge >= 0.3 is 0 Å². The Kier molecular flexibility index (Phi) is 7.39. The number of hydrogen-bond donors (Lipinski definition) is 0. The SMILES string of the molecule is CCCCCCC/C=C/[C@@H]1OC[C@H](C)[C@H](OCCC)[C@]12CO2. The van der Waals surface area contributed by atoms with Gasteiger partial charge in [0.05, 0.1) is 19.3 Å². The molecule has 0 aromatic carbocycles. The Bertz CT molecular complexity index is 336. The lowest BCUT2D eigenvalue weighted by molar-refractivity contribution is -0.142. The maximum absolute atomic E-state index is 6.09. The summed E-state index contributed by atoms with van der Waals surface area (Å²) in [4.78, 5) is 0. The molecule has 2 heterocycles. The minimum absolute atomic E-state index is 0.0706. The van der Waals surface area contributed by atoms with Crippen molar-refractivity contribution < 1.29 is 14.2 Å². The molecule has 22 heavy (non-hydrogen) atoms. The number of ether oxygens (including phenoxy) is 3. The van der Waals surface area contributed by atoms with E-state index in [1.165, 1.54) is 32.1 Å². The van der Waals surface area contributed by atoms with Crippen LogP contribution in [0.4, 0.5) is 0 Å².